The molecule has 5 rings (SSSR count). The van der Waals surface area contributed by atoms with E-state index in [1.54, 1.807) is 0 Å². The summed E-state index contributed by atoms with van der Waals surface area (Å²) in [5.74, 6) is 5.95. The van der Waals surface area contributed by atoms with Crippen LogP contribution < -0.4 is 10.5 Å². The molecule has 3 aromatic heterocycles. The molecule has 3 N–H and O–H groups in total. The molecule has 10 nitrogen and oxygen atoms in total. The Morgan fingerprint density at radius 3 is 2.44 bits per heavy atom. The molecule has 224 valence electrons. The minimum atomic E-state index is -4.73. The molecule has 1 aliphatic heterocycles. The Morgan fingerprint density at radius 2 is 1.72 bits per heavy atom. The van der Waals surface area contributed by atoms with Crippen molar-refractivity contribution >= 4 is 32.6 Å². The van der Waals surface area contributed by atoms with Crippen LogP contribution in [-0.4, -0.2) is 71.4 Å². The number of fused-ring (bicyclic) bond motifs is 1. The Bertz CT molecular complexity index is 1860. The number of aryl methyl sites for hydroxylation is 2. The summed E-state index contributed by atoms with van der Waals surface area (Å²) in [6, 6.07) is 4.50. The summed E-state index contributed by atoms with van der Waals surface area (Å²) in [5.41, 5.74) is 8.25. The van der Waals surface area contributed by atoms with Gasteiger partial charge in [-0.05, 0) is 44.7 Å². The molecule has 1 saturated heterocycles. The highest BCUT2D eigenvalue weighted by molar-refractivity contribution is 7.92. The second kappa shape index (κ2) is 11.8. The fourth-order valence-electron chi connectivity index (χ4n) is 4.62. The number of nitrogens with two attached hydrogens (primary N) is 1. The summed E-state index contributed by atoms with van der Waals surface area (Å²) >= 11 is 0. The van der Waals surface area contributed by atoms with E-state index in [0.29, 0.717) is 47.0 Å². The summed E-state index contributed by atoms with van der Waals surface area (Å²) in [5, 5.41) is 0. The van der Waals surface area contributed by atoms with Gasteiger partial charge in [0.2, 0.25) is 0 Å². The third kappa shape index (κ3) is 6.85. The summed E-state index contributed by atoms with van der Waals surface area (Å²) in [7, 11) is -2.43. The molecule has 0 radical (unpaired) electrons. The maximum absolute atomic E-state index is 14.0. The van der Waals surface area contributed by atoms with E-state index in [2.05, 4.69) is 41.4 Å². The molecule has 14 heteroatoms. The molecule has 0 saturated carbocycles. The normalized spacial score (nSPS) is 14.8. The number of piperazine rings is 1. The fraction of sp³-hybridized carbons (Fsp3) is 0.310. The predicted molar refractivity (Wildman–Crippen MR) is 156 cm³/mol. The van der Waals surface area contributed by atoms with E-state index in [1.165, 1.54) is 36.8 Å². The zero-order valence-electron chi connectivity index (χ0n) is 23.7. The standard InChI is InChI=1S/C29H29F3N8O2S/c1-18-19(2)37-27-24(28(33)35-16-26(27)36-18)7-4-20-12-22(15-34-14-20)38-43(41,42)23-6-5-21(25(13-23)29(30,31)32)17-40-10-8-39(3)9-11-40/h5-6,12-16,38H,8-11,17H2,1-3H3,(H2,33,35). The van der Waals surface area contributed by atoms with Gasteiger partial charge in [0, 0.05) is 44.5 Å². The van der Waals surface area contributed by atoms with Crippen LogP contribution in [0.4, 0.5) is 24.7 Å². The minimum Gasteiger partial charge on any atom is -0.383 e. The van der Waals surface area contributed by atoms with Crippen LogP contribution >= 0.6 is 0 Å². The summed E-state index contributed by atoms with van der Waals surface area (Å²) < 4.78 is 70.7. The number of alkyl halides is 3. The molecule has 1 fully saturated rings. The predicted octanol–water partition coefficient (Wildman–Crippen LogP) is 3.59. The number of benzene rings is 1. The average Bonchev–Trinajstić information content (AvgIpc) is 2.94. The summed E-state index contributed by atoms with van der Waals surface area (Å²) in [4.78, 5) is 20.7. The average molecular weight is 611 g/mol. The molecular weight excluding hydrogens is 581 g/mol. The van der Waals surface area contributed by atoms with Crippen LogP contribution in [0.25, 0.3) is 11.0 Å². The molecule has 0 spiro atoms. The van der Waals surface area contributed by atoms with Crippen molar-refractivity contribution in [1.29, 1.82) is 0 Å². The molecule has 1 aromatic carbocycles. The van der Waals surface area contributed by atoms with Gasteiger partial charge < -0.3 is 10.6 Å². The van der Waals surface area contributed by atoms with E-state index in [4.69, 9.17) is 5.73 Å². The lowest BCUT2D eigenvalue weighted by Gasteiger charge is -2.33. The van der Waals surface area contributed by atoms with Gasteiger partial charge in [-0.1, -0.05) is 17.9 Å². The van der Waals surface area contributed by atoms with Crippen molar-refractivity contribution in [3.8, 4) is 11.8 Å². The number of nitrogens with zero attached hydrogens (tertiary/aromatic N) is 6. The van der Waals surface area contributed by atoms with Gasteiger partial charge in [-0.3, -0.25) is 14.6 Å². The van der Waals surface area contributed by atoms with Gasteiger partial charge in [0.1, 0.15) is 16.9 Å². The van der Waals surface area contributed by atoms with Crippen LogP contribution in [0.1, 0.15) is 33.6 Å². The van der Waals surface area contributed by atoms with Crippen molar-refractivity contribution in [3.05, 3.63) is 76.5 Å². The van der Waals surface area contributed by atoms with Gasteiger partial charge >= 0.3 is 6.18 Å². The van der Waals surface area contributed by atoms with Crippen molar-refractivity contribution in [2.45, 2.75) is 31.5 Å². The van der Waals surface area contributed by atoms with E-state index in [1.807, 2.05) is 25.8 Å². The number of likely N-dealkylation sites (N-methyl/N-ethyl adjacent to an activating group) is 1. The highest BCUT2D eigenvalue weighted by Crippen LogP contribution is 2.35. The number of rotatable bonds is 5. The van der Waals surface area contributed by atoms with Crippen LogP contribution in [0, 0.1) is 25.7 Å². The van der Waals surface area contributed by atoms with Crippen LogP contribution in [0.2, 0.25) is 0 Å². The molecule has 43 heavy (non-hydrogen) atoms. The number of nitrogen functional groups attached to an aromatic ring is 1. The zero-order chi connectivity index (χ0) is 30.9. The van der Waals surface area contributed by atoms with Crippen LogP contribution in [-0.2, 0) is 22.7 Å². The first-order valence-electron chi connectivity index (χ1n) is 13.3. The number of halogens is 3. The van der Waals surface area contributed by atoms with Crippen molar-refractivity contribution in [2.75, 3.05) is 43.7 Å². The van der Waals surface area contributed by atoms with Gasteiger partial charge in [-0.25, -0.2) is 23.4 Å². The van der Waals surface area contributed by atoms with Gasteiger partial charge in [0.25, 0.3) is 10.0 Å². The van der Waals surface area contributed by atoms with Gasteiger partial charge in [0.15, 0.2) is 0 Å². The lowest BCUT2D eigenvalue weighted by atomic mass is 10.1. The van der Waals surface area contributed by atoms with E-state index in [-0.39, 0.29) is 23.6 Å². The Kier molecular flexibility index (Phi) is 8.24. The van der Waals surface area contributed by atoms with E-state index in [9.17, 15) is 21.6 Å². The molecular formula is C29H29F3N8O2S. The molecule has 0 bridgehead atoms. The van der Waals surface area contributed by atoms with Gasteiger partial charge in [0.05, 0.1) is 45.5 Å². The molecule has 0 atom stereocenters. The van der Waals surface area contributed by atoms with E-state index in [0.717, 1.165) is 18.8 Å². The number of aromatic nitrogens is 4. The largest absolute Gasteiger partial charge is 0.416 e. The first-order valence-corrected chi connectivity index (χ1v) is 14.8. The lowest BCUT2D eigenvalue weighted by molar-refractivity contribution is -0.138. The van der Waals surface area contributed by atoms with Crippen LogP contribution in [0.15, 0.2) is 47.8 Å². The van der Waals surface area contributed by atoms with E-state index < -0.39 is 26.7 Å². The number of hydrogen-bond acceptors (Lipinski definition) is 9. The number of hydrogen-bond donors (Lipinski definition) is 2. The van der Waals surface area contributed by atoms with Gasteiger partial charge in [-0.15, -0.1) is 0 Å². The Balaban J connectivity index is 1.40. The Hall–Kier alpha value is -4.32. The van der Waals surface area contributed by atoms with E-state index >= 15 is 0 Å². The molecule has 4 aromatic rings. The topological polar surface area (TPSA) is 130 Å². The number of sulfonamides is 1. The second-order valence-electron chi connectivity index (χ2n) is 10.4. The highest BCUT2D eigenvalue weighted by Gasteiger charge is 2.35. The number of pyridine rings is 2. The monoisotopic (exact) mass is 610 g/mol. The Morgan fingerprint density at radius 1 is 1.00 bits per heavy atom. The number of anilines is 2. The maximum Gasteiger partial charge on any atom is 0.416 e. The summed E-state index contributed by atoms with van der Waals surface area (Å²) in [6.07, 6.45) is -0.573. The third-order valence-corrected chi connectivity index (χ3v) is 8.54. The smallest absolute Gasteiger partial charge is 0.383 e. The maximum atomic E-state index is 14.0. The molecule has 0 amide bonds. The van der Waals surface area contributed by atoms with Crippen molar-refractivity contribution in [2.24, 2.45) is 0 Å². The highest BCUT2D eigenvalue weighted by atomic mass is 32.2. The van der Waals surface area contributed by atoms with Gasteiger partial charge in [-0.2, -0.15) is 13.2 Å². The molecule has 1 aliphatic rings. The van der Waals surface area contributed by atoms with Crippen molar-refractivity contribution in [1.82, 2.24) is 29.7 Å². The minimum absolute atomic E-state index is 0.0205. The van der Waals surface area contributed by atoms with Crippen molar-refractivity contribution in [3.63, 3.8) is 0 Å². The Labute approximate surface area is 247 Å². The SMILES string of the molecule is Cc1nc2cnc(N)c(C#Cc3cncc(NS(=O)(=O)c4ccc(CN5CCN(C)CC5)c(C(F)(F)F)c4)c3)c2nc1C. The quantitative estimate of drug-likeness (QED) is 0.326. The molecule has 0 aliphatic carbocycles. The fourth-order valence-corrected chi connectivity index (χ4v) is 5.68. The first kappa shape index (κ1) is 30.1. The number of nitrogens with one attached hydrogen (secondary N) is 1. The molecule has 0 unspecified atom stereocenters. The van der Waals surface area contributed by atoms with Crippen LogP contribution in [0.3, 0.4) is 0 Å². The first-order chi connectivity index (χ1) is 20.3. The lowest BCUT2D eigenvalue weighted by Crippen LogP contribution is -2.44. The van der Waals surface area contributed by atoms with Crippen LogP contribution in [0.5, 0.6) is 0 Å². The molecule has 4 heterocycles. The summed E-state index contributed by atoms with van der Waals surface area (Å²) in [6.45, 7) is 6.45. The second-order valence-corrected chi connectivity index (χ2v) is 12.0. The van der Waals surface area contributed by atoms with Crippen molar-refractivity contribution < 1.29 is 21.6 Å². The zero-order valence-corrected chi connectivity index (χ0v) is 24.5. The third-order valence-electron chi connectivity index (χ3n) is 7.16.